The highest BCUT2D eigenvalue weighted by Gasteiger charge is 2.55. The molecule has 57 heavy (non-hydrogen) atoms. The number of methoxy groups -OCH3 is 2. The highest BCUT2D eigenvalue weighted by molar-refractivity contribution is 5.54. The molecule has 6 rings (SSSR count). The third-order valence-corrected chi connectivity index (χ3v) is 10.4. The number of aliphatic hydroxyl groups excluding tert-OH is 11. The van der Waals surface area contributed by atoms with Crippen molar-refractivity contribution in [2.24, 2.45) is 0 Å². The van der Waals surface area contributed by atoms with E-state index in [1.807, 2.05) is 0 Å². The van der Waals surface area contributed by atoms with Crippen LogP contribution in [0.4, 0.5) is 0 Å². The fourth-order valence-electron chi connectivity index (χ4n) is 7.26. The lowest BCUT2D eigenvalue weighted by Crippen LogP contribution is -2.66. The molecule has 0 spiro atoms. The van der Waals surface area contributed by atoms with Crippen molar-refractivity contribution in [1.82, 2.24) is 0 Å². The summed E-state index contributed by atoms with van der Waals surface area (Å²) in [6, 6.07) is 6.57. The number of aromatic hydroxyl groups is 2. The first-order valence-corrected chi connectivity index (χ1v) is 17.8. The molecule has 4 heterocycles. The Labute approximate surface area is 323 Å². The number of phenolic OH excluding ortho intramolecular Hbond substituents is 2. The Morgan fingerprint density at radius 2 is 1.04 bits per heavy atom. The van der Waals surface area contributed by atoms with Crippen LogP contribution < -0.4 is 14.2 Å². The predicted molar refractivity (Wildman–Crippen MR) is 182 cm³/mol. The molecule has 2 aromatic carbocycles. The van der Waals surface area contributed by atoms with E-state index in [4.69, 9.17) is 42.6 Å². The Bertz CT molecular complexity index is 1640. The average molecular weight is 821 g/mol. The zero-order valence-corrected chi connectivity index (χ0v) is 30.4. The second kappa shape index (κ2) is 17.9. The minimum Gasteiger partial charge on any atom is -0.508 e. The Kier molecular flexibility index (Phi) is 13.6. The minimum absolute atomic E-state index is 0.00155. The molecule has 4 aliphatic heterocycles. The SMILES string of the molecule is COc1cc(C2Oc3cc(O)cc(OC)c3C(O)C2OC2OC(CO)C(OC3OC(CO)C(OC4OC(CO)C(O)C(O)C4O)C(O)C3O)C(O)C2O)ccc1O. The predicted octanol–water partition coefficient (Wildman–Crippen LogP) is -4.88. The first-order valence-electron chi connectivity index (χ1n) is 17.8. The van der Waals surface area contributed by atoms with Gasteiger partial charge in [-0.05, 0) is 17.7 Å². The van der Waals surface area contributed by atoms with Crippen LogP contribution >= 0.6 is 0 Å². The van der Waals surface area contributed by atoms with Crippen molar-refractivity contribution in [3.63, 3.8) is 0 Å². The van der Waals surface area contributed by atoms with Gasteiger partial charge in [-0.1, -0.05) is 6.07 Å². The fraction of sp³-hybridized carbons (Fsp3) is 0.657. The smallest absolute Gasteiger partial charge is 0.187 e. The Balaban J connectivity index is 1.20. The van der Waals surface area contributed by atoms with Gasteiger partial charge in [-0.3, -0.25) is 0 Å². The number of rotatable bonds is 12. The van der Waals surface area contributed by atoms with Crippen LogP contribution in [0, 0.1) is 0 Å². The monoisotopic (exact) mass is 820 g/mol. The van der Waals surface area contributed by atoms with Gasteiger partial charge in [-0.15, -0.1) is 0 Å². The second-order valence-corrected chi connectivity index (χ2v) is 13.9. The number of hydrogen-bond donors (Lipinski definition) is 13. The van der Waals surface area contributed by atoms with Gasteiger partial charge in [-0.2, -0.15) is 0 Å². The van der Waals surface area contributed by atoms with E-state index in [1.54, 1.807) is 0 Å². The summed E-state index contributed by atoms with van der Waals surface area (Å²) in [5.74, 6) is -0.441. The molecule has 0 radical (unpaired) electrons. The summed E-state index contributed by atoms with van der Waals surface area (Å²) in [6.45, 7) is -2.58. The number of fused-ring (bicyclic) bond motifs is 1. The van der Waals surface area contributed by atoms with E-state index in [0.717, 1.165) is 0 Å². The van der Waals surface area contributed by atoms with Gasteiger partial charge in [0.25, 0.3) is 0 Å². The minimum atomic E-state index is -2.03. The lowest BCUT2D eigenvalue weighted by atomic mass is 9.90. The molecule has 3 saturated heterocycles. The maximum Gasteiger partial charge on any atom is 0.187 e. The summed E-state index contributed by atoms with van der Waals surface area (Å²) in [5, 5.41) is 138. The van der Waals surface area contributed by atoms with Gasteiger partial charge in [0, 0.05) is 12.1 Å². The Morgan fingerprint density at radius 3 is 1.54 bits per heavy atom. The zero-order valence-electron chi connectivity index (χ0n) is 30.4. The molecule has 2 aromatic rings. The summed E-state index contributed by atoms with van der Waals surface area (Å²) in [5.41, 5.74) is 0.323. The number of ether oxygens (including phenoxy) is 9. The van der Waals surface area contributed by atoms with Crippen molar-refractivity contribution in [2.45, 2.75) is 110 Å². The summed E-state index contributed by atoms with van der Waals surface area (Å²) in [4.78, 5) is 0. The van der Waals surface area contributed by atoms with Gasteiger partial charge in [0.1, 0.15) is 103 Å². The van der Waals surface area contributed by atoms with Crippen LogP contribution in [0.1, 0.15) is 23.3 Å². The molecule has 18 unspecified atom stereocenters. The zero-order chi connectivity index (χ0) is 41.5. The van der Waals surface area contributed by atoms with E-state index in [2.05, 4.69) is 0 Å². The van der Waals surface area contributed by atoms with E-state index in [0.29, 0.717) is 0 Å². The summed E-state index contributed by atoms with van der Waals surface area (Å²) >= 11 is 0. The van der Waals surface area contributed by atoms with Gasteiger partial charge >= 0.3 is 0 Å². The standard InChI is InChI=1S/C35H48O22/c1-49-14-5-11(3-4-13(14)40)29-32(22(42)20-15(50-2)6-12(39)7-16(20)51-29)57-35-28(48)25(45)31(19(10-38)54-35)56-34-27(47)24(44)30(18(9-37)53-34)55-33-26(46)23(43)21(41)17(8-36)52-33/h3-7,17-19,21-48H,8-10H2,1-2H3. The molecule has 0 aromatic heterocycles. The molecule has 4 aliphatic rings. The van der Waals surface area contributed by atoms with Gasteiger partial charge in [0.2, 0.25) is 0 Å². The third kappa shape index (κ3) is 8.33. The topological polar surface area (TPSA) is 346 Å². The summed E-state index contributed by atoms with van der Waals surface area (Å²) < 4.78 is 50.9. The van der Waals surface area contributed by atoms with E-state index in [1.165, 1.54) is 44.6 Å². The molecular formula is C35H48O22. The van der Waals surface area contributed by atoms with E-state index in [-0.39, 0.29) is 39.9 Å². The molecule has 320 valence electrons. The molecule has 0 bridgehead atoms. The molecule has 13 N–H and O–H groups in total. The van der Waals surface area contributed by atoms with Crippen LogP contribution in [0.15, 0.2) is 30.3 Å². The molecule has 22 nitrogen and oxygen atoms in total. The molecule has 0 saturated carbocycles. The first-order chi connectivity index (χ1) is 27.2. The van der Waals surface area contributed by atoms with Gasteiger partial charge in [0.05, 0.1) is 39.6 Å². The Hall–Kier alpha value is -3.24. The van der Waals surface area contributed by atoms with Gasteiger partial charge in [-0.25, -0.2) is 0 Å². The van der Waals surface area contributed by atoms with E-state index < -0.39 is 130 Å². The molecule has 18 atom stereocenters. The largest absolute Gasteiger partial charge is 0.508 e. The van der Waals surface area contributed by atoms with Crippen molar-refractivity contribution >= 4 is 0 Å². The molecule has 0 amide bonds. The van der Waals surface area contributed by atoms with Crippen LogP contribution in [-0.4, -0.2) is 199 Å². The number of hydrogen-bond acceptors (Lipinski definition) is 22. The first kappa shape index (κ1) is 43.3. The summed E-state index contributed by atoms with van der Waals surface area (Å²) in [6.07, 6.45) is -31.2. The third-order valence-electron chi connectivity index (χ3n) is 10.4. The average Bonchev–Trinajstić information content (AvgIpc) is 3.20. The van der Waals surface area contributed by atoms with Crippen LogP contribution in [0.5, 0.6) is 28.7 Å². The van der Waals surface area contributed by atoms with Crippen molar-refractivity contribution in [1.29, 1.82) is 0 Å². The maximum absolute atomic E-state index is 11.7. The van der Waals surface area contributed by atoms with Crippen LogP contribution in [0.25, 0.3) is 0 Å². The molecule has 22 heteroatoms. The quantitative estimate of drug-likeness (QED) is 0.0954. The van der Waals surface area contributed by atoms with Crippen molar-refractivity contribution < 1.29 is 109 Å². The molecular weight excluding hydrogens is 772 g/mol. The molecule has 3 fully saturated rings. The van der Waals surface area contributed by atoms with Crippen molar-refractivity contribution in [3.05, 3.63) is 41.5 Å². The maximum atomic E-state index is 11.7. The fourth-order valence-corrected chi connectivity index (χ4v) is 7.26. The van der Waals surface area contributed by atoms with Crippen LogP contribution in [0.2, 0.25) is 0 Å². The number of benzene rings is 2. The number of phenols is 2. The number of aliphatic hydroxyl groups is 11. The highest BCUT2D eigenvalue weighted by Crippen LogP contribution is 2.50. The summed E-state index contributed by atoms with van der Waals surface area (Å²) in [7, 11) is 2.59. The van der Waals surface area contributed by atoms with Gasteiger partial charge in [0.15, 0.2) is 36.5 Å². The second-order valence-electron chi connectivity index (χ2n) is 13.9. The van der Waals surface area contributed by atoms with Crippen LogP contribution in [-0.2, 0) is 28.4 Å². The lowest BCUT2D eigenvalue weighted by Gasteiger charge is -2.48. The van der Waals surface area contributed by atoms with Crippen molar-refractivity contribution in [2.75, 3.05) is 34.0 Å². The van der Waals surface area contributed by atoms with E-state index in [9.17, 15) is 66.4 Å². The lowest BCUT2D eigenvalue weighted by molar-refractivity contribution is -0.382. The molecule has 0 aliphatic carbocycles. The van der Waals surface area contributed by atoms with Crippen LogP contribution in [0.3, 0.4) is 0 Å². The highest BCUT2D eigenvalue weighted by atomic mass is 16.8. The Morgan fingerprint density at radius 1 is 0.544 bits per heavy atom. The normalized spacial score (nSPS) is 40.9. The van der Waals surface area contributed by atoms with Crippen molar-refractivity contribution in [3.8, 4) is 28.7 Å². The van der Waals surface area contributed by atoms with E-state index >= 15 is 0 Å². The van der Waals surface area contributed by atoms with Gasteiger partial charge < -0.3 is 109 Å².